The van der Waals surface area contributed by atoms with Crippen LogP contribution in [0.2, 0.25) is 0 Å². The van der Waals surface area contributed by atoms with Gasteiger partial charge in [0.2, 0.25) is 0 Å². The largest absolute Gasteiger partial charge is 0.496 e. The minimum absolute atomic E-state index is 0.471. The van der Waals surface area contributed by atoms with E-state index in [0.717, 1.165) is 38.2 Å². The van der Waals surface area contributed by atoms with Gasteiger partial charge in [0.15, 0.2) is 0 Å². The molecule has 0 aliphatic heterocycles. The third-order valence-corrected chi connectivity index (χ3v) is 3.73. The summed E-state index contributed by atoms with van der Waals surface area (Å²) in [6, 6.07) is 11.8. The molecule has 2 aromatic carbocycles. The first-order chi connectivity index (χ1) is 9.72. The minimum atomic E-state index is 0.471. The standard InChI is InChI=1S/C15H14BrN3O/c1-20-13-7-10(16)5-6-11(13)15-18-12-4-2-3-9(8-17)14(12)19-15/h2-7H,8,17H2,1H3,(H,18,19). The van der Waals surface area contributed by atoms with Gasteiger partial charge in [0.05, 0.1) is 23.7 Å². The van der Waals surface area contributed by atoms with Crippen LogP contribution in [0, 0.1) is 0 Å². The molecule has 5 heteroatoms. The van der Waals surface area contributed by atoms with E-state index in [1.807, 2.05) is 36.4 Å². The van der Waals surface area contributed by atoms with E-state index in [0.29, 0.717) is 6.54 Å². The molecular formula is C15H14BrN3O. The van der Waals surface area contributed by atoms with Gasteiger partial charge in [-0.2, -0.15) is 0 Å². The van der Waals surface area contributed by atoms with Crippen molar-refractivity contribution in [1.29, 1.82) is 0 Å². The molecule has 3 aromatic rings. The van der Waals surface area contributed by atoms with Gasteiger partial charge in [-0.3, -0.25) is 0 Å². The first kappa shape index (κ1) is 13.1. The third-order valence-electron chi connectivity index (χ3n) is 3.23. The smallest absolute Gasteiger partial charge is 0.142 e. The van der Waals surface area contributed by atoms with Crippen LogP contribution in [-0.2, 0) is 6.54 Å². The predicted octanol–water partition coefficient (Wildman–Crippen LogP) is 3.46. The summed E-state index contributed by atoms with van der Waals surface area (Å²) in [6.07, 6.45) is 0. The second-order valence-electron chi connectivity index (χ2n) is 4.45. The van der Waals surface area contributed by atoms with E-state index < -0.39 is 0 Å². The first-order valence-corrected chi connectivity index (χ1v) is 7.04. The fourth-order valence-corrected chi connectivity index (χ4v) is 2.58. The van der Waals surface area contributed by atoms with Crippen LogP contribution >= 0.6 is 15.9 Å². The van der Waals surface area contributed by atoms with E-state index in [-0.39, 0.29) is 0 Å². The number of benzene rings is 2. The van der Waals surface area contributed by atoms with Crippen molar-refractivity contribution in [1.82, 2.24) is 9.97 Å². The molecule has 0 aliphatic rings. The number of ether oxygens (including phenoxy) is 1. The van der Waals surface area contributed by atoms with Crippen LogP contribution in [0.15, 0.2) is 40.9 Å². The van der Waals surface area contributed by atoms with E-state index in [2.05, 4.69) is 25.9 Å². The van der Waals surface area contributed by atoms with Gasteiger partial charge in [-0.25, -0.2) is 4.98 Å². The number of nitrogens with two attached hydrogens (primary N) is 1. The number of aromatic amines is 1. The van der Waals surface area contributed by atoms with Gasteiger partial charge in [0, 0.05) is 11.0 Å². The molecule has 3 rings (SSSR count). The van der Waals surface area contributed by atoms with Crippen molar-refractivity contribution < 1.29 is 4.74 Å². The first-order valence-electron chi connectivity index (χ1n) is 6.24. The highest BCUT2D eigenvalue weighted by molar-refractivity contribution is 9.10. The SMILES string of the molecule is COc1cc(Br)ccc1-c1nc2c(CN)cccc2[nH]1. The molecule has 1 aromatic heterocycles. The highest BCUT2D eigenvalue weighted by atomic mass is 79.9. The lowest BCUT2D eigenvalue weighted by Crippen LogP contribution is -1.96. The van der Waals surface area contributed by atoms with Crippen LogP contribution in [0.4, 0.5) is 0 Å². The van der Waals surface area contributed by atoms with Crippen molar-refractivity contribution in [3.05, 3.63) is 46.4 Å². The van der Waals surface area contributed by atoms with Gasteiger partial charge in [0.1, 0.15) is 11.6 Å². The molecule has 4 nitrogen and oxygen atoms in total. The number of hydrogen-bond acceptors (Lipinski definition) is 3. The number of rotatable bonds is 3. The number of fused-ring (bicyclic) bond motifs is 1. The monoisotopic (exact) mass is 331 g/mol. The number of methoxy groups -OCH3 is 1. The molecule has 0 bridgehead atoms. The fourth-order valence-electron chi connectivity index (χ4n) is 2.24. The van der Waals surface area contributed by atoms with Crippen molar-refractivity contribution in [3.8, 4) is 17.1 Å². The Morgan fingerprint density at radius 2 is 2.15 bits per heavy atom. The normalized spacial score (nSPS) is 10.9. The molecule has 0 atom stereocenters. The Kier molecular flexibility index (Phi) is 3.46. The maximum absolute atomic E-state index is 5.76. The summed E-state index contributed by atoms with van der Waals surface area (Å²) in [5.41, 5.74) is 9.60. The summed E-state index contributed by atoms with van der Waals surface area (Å²) < 4.78 is 6.39. The van der Waals surface area contributed by atoms with Gasteiger partial charge in [0.25, 0.3) is 0 Å². The summed E-state index contributed by atoms with van der Waals surface area (Å²) in [4.78, 5) is 7.98. The fraction of sp³-hybridized carbons (Fsp3) is 0.133. The summed E-state index contributed by atoms with van der Waals surface area (Å²) >= 11 is 3.44. The zero-order valence-corrected chi connectivity index (χ0v) is 12.6. The Balaban J connectivity index is 2.20. The van der Waals surface area contributed by atoms with Crippen LogP contribution in [0.1, 0.15) is 5.56 Å². The minimum Gasteiger partial charge on any atom is -0.496 e. The van der Waals surface area contributed by atoms with Crippen LogP contribution in [0.25, 0.3) is 22.4 Å². The van der Waals surface area contributed by atoms with Crippen molar-refractivity contribution in [3.63, 3.8) is 0 Å². The zero-order chi connectivity index (χ0) is 14.1. The molecule has 1 heterocycles. The van der Waals surface area contributed by atoms with Gasteiger partial charge < -0.3 is 15.5 Å². The van der Waals surface area contributed by atoms with Gasteiger partial charge >= 0.3 is 0 Å². The molecule has 0 unspecified atom stereocenters. The zero-order valence-electron chi connectivity index (χ0n) is 11.0. The Morgan fingerprint density at radius 1 is 1.30 bits per heavy atom. The van der Waals surface area contributed by atoms with Crippen LogP contribution in [0.3, 0.4) is 0 Å². The van der Waals surface area contributed by atoms with Crippen LogP contribution in [-0.4, -0.2) is 17.1 Å². The van der Waals surface area contributed by atoms with Crippen LogP contribution in [0.5, 0.6) is 5.75 Å². The van der Waals surface area contributed by atoms with Gasteiger partial charge in [-0.05, 0) is 29.8 Å². The molecule has 0 spiro atoms. The van der Waals surface area contributed by atoms with Crippen molar-refractivity contribution in [2.24, 2.45) is 5.73 Å². The second kappa shape index (κ2) is 5.26. The van der Waals surface area contributed by atoms with E-state index in [1.165, 1.54) is 0 Å². The summed E-state index contributed by atoms with van der Waals surface area (Å²) in [6.45, 7) is 0.471. The summed E-state index contributed by atoms with van der Waals surface area (Å²) in [7, 11) is 1.65. The van der Waals surface area contributed by atoms with Crippen LogP contribution < -0.4 is 10.5 Å². The number of H-pyrrole nitrogens is 1. The summed E-state index contributed by atoms with van der Waals surface area (Å²) in [5, 5.41) is 0. The molecule has 0 amide bonds. The lowest BCUT2D eigenvalue weighted by Gasteiger charge is -2.06. The van der Waals surface area contributed by atoms with Crippen molar-refractivity contribution in [2.75, 3.05) is 7.11 Å². The molecule has 3 N–H and O–H groups in total. The van der Waals surface area contributed by atoms with E-state index >= 15 is 0 Å². The average molecular weight is 332 g/mol. The number of nitrogens with one attached hydrogen (secondary N) is 1. The Labute approximate surface area is 125 Å². The molecule has 102 valence electrons. The van der Waals surface area contributed by atoms with Gasteiger partial charge in [-0.15, -0.1) is 0 Å². The van der Waals surface area contributed by atoms with Crippen molar-refractivity contribution >= 4 is 27.0 Å². The number of nitrogens with zero attached hydrogens (tertiary/aromatic N) is 1. The van der Waals surface area contributed by atoms with E-state index in [9.17, 15) is 0 Å². The summed E-state index contributed by atoms with van der Waals surface area (Å²) in [5.74, 6) is 1.55. The highest BCUT2D eigenvalue weighted by Crippen LogP contribution is 2.32. The molecule has 0 saturated heterocycles. The Hall–Kier alpha value is -1.85. The quantitative estimate of drug-likeness (QED) is 0.772. The Bertz CT molecular complexity index is 767. The lowest BCUT2D eigenvalue weighted by molar-refractivity contribution is 0.416. The molecule has 0 radical (unpaired) electrons. The lowest BCUT2D eigenvalue weighted by atomic mass is 10.2. The number of hydrogen-bond donors (Lipinski definition) is 2. The van der Waals surface area contributed by atoms with Crippen molar-refractivity contribution in [2.45, 2.75) is 6.54 Å². The molecule has 0 saturated carbocycles. The highest BCUT2D eigenvalue weighted by Gasteiger charge is 2.12. The molecular weight excluding hydrogens is 318 g/mol. The van der Waals surface area contributed by atoms with E-state index in [4.69, 9.17) is 10.5 Å². The van der Waals surface area contributed by atoms with Gasteiger partial charge in [-0.1, -0.05) is 28.1 Å². The maximum Gasteiger partial charge on any atom is 0.142 e. The second-order valence-corrected chi connectivity index (χ2v) is 5.36. The molecule has 0 aliphatic carbocycles. The molecule has 20 heavy (non-hydrogen) atoms. The maximum atomic E-state index is 5.76. The number of imidazole rings is 1. The molecule has 0 fully saturated rings. The van der Waals surface area contributed by atoms with E-state index in [1.54, 1.807) is 7.11 Å². The number of para-hydroxylation sites is 1. The predicted molar refractivity (Wildman–Crippen MR) is 83.7 cm³/mol. The number of halogens is 1. The topological polar surface area (TPSA) is 63.9 Å². The third kappa shape index (κ3) is 2.19. The Morgan fingerprint density at radius 3 is 2.90 bits per heavy atom. The number of aromatic nitrogens is 2. The average Bonchev–Trinajstić information content (AvgIpc) is 2.90.